The number of hydrogen-bond donors (Lipinski definition) is 2. The fourth-order valence-corrected chi connectivity index (χ4v) is 4.86. The van der Waals surface area contributed by atoms with Crippen LogP contribution >= 0.6 is 0 Å². The number of nitrogens with one attached hydrogen (secondary N) is 1. The van der Waals surface area contributed by atoms with Crippen LogP contribution in [0.2, 0.25) is 0 Å². The van der Waals surface area contributed by atoms with Gasteiger partial charge in [0.25, 0.3) is 0 Å². The number of nitrogen functional groups attached to an aromatic ring is 1. The van der Waals surface area contributed by atoms with Crippen molar-refractivity contribution in [3.63, 3.8) is 0 Å². The van der Waals surface area contributed by atoms with Crippen molar-refractivity contribution in [2.75, 3.05) is 5.73 Å². The van der Waals surface area contributed by atoms with Gasteiger partial charge < -0.3 is 5.73 Å². The molecular formula is C13H17FN2O2S. The molecule has 3 unspecified atom stereocenters. The standard InChI is InChI=1S/C13H17FN2O2S/c14-10-2-1-3-12(13(10)15)19(17,18)16-11-7-8-4-5-9(11)6-8/h1-3,8-9,11,16H,4-7,15H2. The summed E-state index contributed by atoms with van der Waals surface area (Å²) in [4.78, 5) is -0.157. The van der Waals surface area contributed by atoms with E-state index in [2.05, 4.69) is 4.72 Å². The van der Waals surface area contributed by atoms with E-state index in [1.165, 1.54) is 18.6 Å². The maximum Gasteiger partial charge on any atom is 0.242 e. The first kappa shape index (κ1) is 12.9. The topological polar surface area (TPSA) is 72.2 Å². The Kier molecular flexibility index (Phi) is 3.02. The van der Waals surface area contributed by atoms with Crippen LogP contribution in [-0.2, 0) is 10.0 Å². The van der Waals surface area contributed by atoms with Crippen LogP contribution in [0.15, 0.2) is 23.1 Å². The minimum atomic E-state index is -3.73. The largest absolute Gasteiger partial charge is 0.395 e. The van der Waals surface area contributed by atoms with Crippen LogP contribution in [0.25, 0.3) is 0 Å². The number of anilines is 1. The molecule has 2 aliphatic carbocycles. The van der Waals surface area contributed by atoms with Crippen molar-refractivity contribution >= 4 is 15.7 Å². The van der Waals surface area contributed by atoms with Crippen molar-refractivity contribution in [2.24, 2.45) is 11.8 Å². The van der Waals surface area contributed by atoms with Gasteiger partial charge in [-0.2, -0.15) is 0 Å². The average molecular weight is 284 g/mol. The minimum Gasteiger partial charge on any atom is -0.395 e. The summed E-state index contributed by atoms with van der Waals surface area (Å²) in [6.45, 7) is 0. The monoisotopic (exact) mass is 284 g/mol. The molecule has 0 aromatic heterocycles. The zero-order valence-electron chi connectivity index (χ0n) is 10.5. The first-order valence-electron chi connectivity index (χ1n) is 6.53. The molecule has 4 nitrogen and oxygen atoms in total. The Morgan fingerprint density at radius 3 is 2.68 bits per heavy atom. The van der Waals surface area contributed by atoms with Gasteiger partial charge in [-0.05, 0) is 43.2 Å². The Morgan fingerprint density at radius 1 is 1.26 bits per heavy atom. The van der Waals surface area contributed by atoms with Crippen molar-refractivity contribution in [2.45, 2.75) is 36.6 Å². The van der Waals surface area contributed by atoms with E-state index < -0.39 is 15.8 Å². The summed E-state index contributed by atoms with van der Waals surface area (Å²) < 4.78 is 40.6. The lowest BCUT2D eigenvalue weighted by molar-refractivity contribution is 0.390. The number of sulfonamides is 1. The van der Waals surface area contributed by atoms with Crippen LogP contribution in [0.5, 0.6) is 0 Å². The Morgan fingerprint density at radius 2 is 2.05 bits per heavy atom. The first-order chi connectivity index (χ1) is 8.97. The molecule has 0 aliphatic heterocycles. The number of halogens is 1. The first-order valence-corrected chi connectivity index (χ1v) is 8.02. The van der Waals surface area contributed by atoms with E-state index in [4.69, 9.17) is 5.73 Å². The SMILES string of the molecule is Nc1c(F)cccc1S(=O)(=O)NC1CC2CCC1C2. The molecule has 2 aliphatic rings. The highest BCUT2D eigenvalue weighted by Gasteiger charge is 2.41. The number of fused-ring (bicyclic) bond motifs is 2. The molecule has 2 bridgehead atoms. The Bertz CT molecular complexity index is 603. The Labute approximate surface area is 112 Å². The molecule has 0 heterocycles. The van der Waals surface area contributed by atoms with Crippen molar-refractivity contribution in [1.29, 1.82) is 0 Å². The molecule has 2 fully saturated rings. The predicted molar refractivity (Wildman–Crippen MR) is 70.4 cm³/mol. The third-order valence-corrected chi connectivity index (χ3v) is 5.90. The molecule has 0 radical (unpaired) electrons. The summed E-state index contributed by atoms with van der Waals surface area (Å²) >= 11 is 0. The van der Waals surface area contributed by atoms with Gasteiger partial charge in [0.2, 0.25) is 10.0 Å². The maximum atomic E-state index is 13.4. The molecule has 0 spiro atoms. The van der Waals surface area contributed by atoms with Gasteiger partial charge in [0.05, 0.1) is 5.69 Å². The second-order valence-corrected chi connectivity index (χ2v) is 7.24. The molecule has 3 rings (SSSR count). The normalized spacial score (nSPS) is 29.8. The number of rotatable bonds is 3. The van der Waals surface area contributed by atoms with Crippen LogP contribution in [0.3, 0.4) is 0 Å². The fourth-order valence-electron chi connectivity index (χ4n) is 3.40. The minimum absolute atomic E-state index is 0.0218. The second-order valence-electron chi connectivity index (χ2n) is 5.55. The van der Waals surface area contributed by atoms with Crippen molar-refractivity contribution < 1.29 is 12.8 Å². The van der Waals surface area contributed by atoms with Crippen LogP contribution in [0, 0.1) is 17.7 Å². The molecule has 2 saturated carbocycles. The van der Waals surface area contributed by atoms with Gasteiger partial charge >= 0.3 is 0 Å². The highest BCUT2D eigenvalue weighted by molar-refractivity contribution is 7.89. The van der Waals surface area contributed by atoms with Gasteiger partial charge in [0.1, 0.15) is 10.7 Å². The summed E-state index contributed by atoms with van der Waals surface area (Å²) in [6, 6.07) is 3.84. The van der Waals surface area contributed by atoms with E-state index in [0.717, 1.165) is 25.3 Å². The van der Waals surface area contributed by atoms with Gasteiger partial charge in [-0.3, -0.25) is 0 Å². The smallest absolute Gasteiger partial charge is 0.242 e. The van der Waals surface area contributed by atoms with Gasteiger partial charge in [-0.25, -0.2) is 17.5 Å². The van der Waals surface area contributed by atoms with Crippen LogP contribution < -0.4 is 10.5 Å². The Balaban J connectivity index is 1.85. The van der Waals surface area contributed by atoms with E-state index in [-0.39, 0.29) is 16.6 Å². The fraction of sp³-hybridized carbons (Fsp3) is 0.538. The molecule has 3 N–H and O–H groups in total. The lowest BCUT2D eigenvalue weighted by Gasteiger charge is -2.23. The predicted octanol–water partition coefficient (Wildman–Crippen LogP) is 1.87. The van der Waals surface area contributed by atoms with E-state index in [9.17, 15) is 12.8 Å². The summed E-state index contributed by atoms with van der Waals surface area (Å²) in [5, 5.41) is 0. The number of nitrogens with two attached hydrogens (primary N) is 1. The quantitative estimate of drug-likeness (QED) is 0.832. The second kappa shape index (κ2) is 4.45. The van der Waals surface area contributed by atoms with Crippen LogP contribution in [-0.4, -0.2) is 14.5 Å². The maximum absolute atomic E-state index is 13.4. The average Bonchev–Trinajstić information content (AvgIpc) is 2.93. The molecule has 6 heteroatoms. The van der Waals surface area contributed by atoms with Crippen LogP contribution in [0.1, 0.15) is 25.7 Å². The molecule has 0 saturated heterocycles. The van der Waals surface area contributed by atoms with Gasteiger partial charge in [0.15, 0.2) is 0 Å². The number of para-hydroxylation sites is 1. The number of benzene rings is 1. The summed E-state index contributed by atoms with van der Waals surface area (Å²) in [7, 11) is -3.73. The molecule has 19 heavy (non-hydrogen) atoms. The lowest BCUT2D eigenvalue weighted by Crippen LogP contribution is -2.38. The molecule has 0 amide bonds. The molecule has 3 atom stereocenters. The van der Waals surface area contributed by atoms with E-state index in [1.807, 2.05) is 0 Å². The molecule has 1 aromatic rings. The molecular weight excluding hydrogens is 267 g/mol. The highest BCUT2D eigenvalue weighted by atomic mass is 32.2. The van der Waals surface area contributed by atoms with Crippen molar-refractivity contribution in [3.05, 3.63) is 24.0 Å². The van der Waals surface area contributed by atoms with E-state index in [0.29, 0.717) is 11.8 Å². The lowest BCUT2D eigenvalue weighted by atomic mass is 9.96. The summed E-state index contributed by atoms with van der Waals surface area (Å²) in [6.07, 6.45) is 4.27. The number of hydrogen-bond acceptors (Lipinski definition) is 3. The van der Waals surface area contributed by atoms with Gasteiger partial charge in [-0.1, -0.05) is 12.5 Å². The van der Waals surface area contributed by atoms with E-state index in [1.54, 1.807) is 0 Å². The summed E-state index contributed by atoms with van der Waals surface area (Å²) in [5.74, 6) is 0.368. The molecule has 1 aromatic carbocycles. The van der Waals surface area contributed by atoms with Gasteiger partial charge in [0, 0.05) is 6.04 Å². The molecule has 104 valence electrons. The third kappa shape index (κ3) is 2.23. The third-order valence-electron chi connectivity index (χ3n) is 4.35. The van der Waals surface area contributed by atoms with E-state index >= 15 is 0 Å². The Hall–Kier alpha value is -1.14. The zero-order chi connectivity index (χ0) is 13.6. The van der Waals surface area contributed by atoms with Gasteiger partial charge in [-0.15, -0.1) is 0 Å². The van der Waals surface area contributed by atoms with Crippen molar-refractivity contribution in [1.82, 2.24) is 4.72 Å². The zero-order valence-corrected chi connectivity index (χ0v) is 11.3. The summed E-state index contributed by atoms with van der Waals surface area (Å²) in [5.41, 5.74) is 5.22. The van der Waals surface area contributed by atoms with Crippen LogP contribution in [0.4, 0.5) is 10.1 Å². The van der Waals surface area contributed by atoms with Crippen molar-refractivity contribution in [3.8, 4) is 0 Å². The highest BCUT2D eigenvalue weighted by Crippen LogP contribution is 2.44.